The van der Waals surface area contributed by atoms with Gasteiger partial charge < -0.3 is 9.26 Å². The minimum absolute atomic E-state index is 0.0276. The summed E-state index contributed by atoms with van der Waals surface area (Å²) < 4.78 is 36.8. The number of hydrogen-bond acceptors (Lipinski definition) is 6. The Hall–Kier alpha value is -1.41. The molecule has 0 bridgehead atoms. The van der Waals surface area contributed by atoms with Gasteiger partial charge in [-0.2, -0.15) is 0 Å². The van der Waals surface area contributed by atoms with Gasteiger partial charge in [0.1, 0.15) is 5.76 Å². The van der Waals surface area contributed by atoms with Crippen LogP contribution in [0.4, 0.5) is 0 Å². The van der Waals surface area contributed by atoms with E-state index in [1.165, 1.54) is 0 Å². The third-order valence-electron chi connectivity index (χ3n) is 4.19. The number of nitrogens with zero attached hydrogens (tertiary/aromatic N) is 1. The molecule has 2 rings (SSSR count). The molecule has 1 atom stereocenters. The molecular weight excluding hydrogens is 320 g/mol. The van der Waals surface area contributed by atoms with Crippen LogP contribution in [0.15, 0.2) is 4.52 Å². The van der Waals surface area contributed by atoms with Gasteiger partial charge >= 0.3 is 0 Å². The van der Waals surface area contributed by atoms with Gasteiger partial charge in [-0.3, -0.25) is 9.52 Å². The molecule has 1 N–H and O–H groups in total. The van der Waals surface area contributed by atoms with E-state index in [2.05, 4.69) is 9.88 Å². The van der Waals surface area contributed by atoms with Crippen LogP contribution in [0, 0.1) is 25.7 Å². The van der Waals surface area contributed by atoms with Crippen molar-refractivity contribution in [3.63, 3.8) is 0 Å². The highest BCUT2D eigenvalue weighted by atomic mass is 32.2. The number of aryl methyl sites for hydroxylation is 2. The molecule has 130 valence electrons. The van der Waals surface area contributed by atoms with Crippen LogP contribution in [-0.2, 0) is 26.0 Å². The Balaban J connectivity index is 1.91. The van der Waals surface area contributed by atoms with Crippen LogP contribution in [0.2, 0.25) is 0 Å². The van der Waals surface area contributed by atoms with Gasteiger partial charge in [-0.15, -0.1) is 0 Å². The maximum Gasteiger partial charge on any atom is 0.236 e. The molecule has 0 aromatic carbocycles. The molecule has 8 heteroatoms. The fourth-order valence-corrected chi connectivity index (χ4v) is 4.26. The molecule has 23 heavy (non-hydrogen) atoms. The molecule has 0 aliphatic carbocycles. The maximum atomic E-state index is 12.2. The number of amides is 1. The van der Waals surface area contributed by atoms with Crippen molar-refractivity contribution in [1.82, 2.24) is 9.88 Å². The van der Waals surface area contributed by atoms with Crippen LogP contribution < -0.4 is 4.72 Å². The molecule has 1 saturated heterocycles. The summed E-state index contributed by atoms with van der Waals surface area (Å²) in [6.07, 6.45) is 1.83. The van der Waals surface area contributed by atoms with Crippen LogP contribution in [0.1, 0.15) is 36.8 Å². The zero-order valence-electron chi connectivity index (χ0n) is 13.8. The van der Waals surface area contributed by atoms with Crippen molar-refractivity contribution in [2.75, 3.05) is 19.0 Å². The normalized spacial score (nSPS) is 17.9. The topological polar surface area (TPSA) is 98.5 Å². The highest BCUT2D eigenvalue weighted by Crippen LogP contribution is 2.19. The van der Waals surface area contributed by atoms with Gasteiger partial charge in [-0.1, -0.05) is 12.1 Å². The monoisotopic (exact) mass is 344 g/mol. The van der Waals surface area contributed by atoms with E-state index in [1.54, 1.807) is 20.8 Å². The maximum absolute atomic E-state index is 12.2. The smallest absolute Gasteiger partial charge is 0.236 e. The summed E-state index contributed by atoms with van der Waals surface area (Å²) in [6, 6.07) is 0. The van der Waals surface area contributed by atoms with Crippen LogP contribution in [0.25, 0.3) is 0 Å². The van der Waals surface area contributed by atoms with E-state index < -0.39 is 21.8 Å². The predicted molar refractivity (Wildman–Crippen MR) is 84.3 cm³/mol. The quantitative estimate of drug-likeness (QED) is 0.836. The van der Waals surface area contributed by atoms with Crippen molar-refractivity contribution in [3.05, 3.63) is 17.0 Å². The second kappa shape index (κ2) is 7.44. The molecule has 1 aromatic heterocycles. The van der Waals surface area contributed by atoms with Gasteiger partial charge in [0, 0.05) is 24.7 Å². The van der Waals surface area contributed by atoms with Gasteiger partial charge in [0.2, 0.25) is 15.9 Å². The van der Waals surface area contributed by atoms with Crippen molar-refractivity contribution < 1.29 is 22.5 Å². The summed E-state index contributed by atoms with van der Waals surface area (Å²) in [4.78, 5) is 12.2. The fraction of sp³-hybridized carbons (Fsp3) is 0.733. The minimum Gasteiger partial charge on any atom is -0.381 e. The summed E-state index contributed by atoms with van der Waals surface area (Å²) in [6.45, 7) is 6.44. The number of hydrogen-bond donors (Lipinski definition) is 1. The second-order valence-corrected chi connectivity index (χ2v) is 7.98. The van der Waals surface area contributed by atoms with Crippen LogP contribution in [-0.4, -0.2) is 38.4 Å². The van der Waals surface area contributed by atoms with Crippen LogP contribution in [0.3, 0.4) is 0 Å². The van der Waals surface area contributed by atoms with E-state index in [9.17, 15) is 13.2 Å². The van der Waals surface area contributed by atoms with Crippen molar-refractivity contribution in [3.8, 4) is 0 Å². The van der Waals surface area contributed by atoms with Gasteiger partial charge in [0.25, 0.3) is 0 Å². The Bertz CT molecular complexity index is 627. The predicted octanol–water partition coefficient (Wildman–Crippen LogP) is 1.34. The molecule has 1 fully saturated rings. The Morgan fingerprint density at radius 1 is 1.35 bits per heavy atom. The summed E-state index contributed by atoms with van der Waals surface area (Å²) in [5, 5.41) is 3.84. The Labute approximate surface area is 136 Å². The number of nitrogens with one attached hydrogen (secondary N) is 1. The Kier molecular flexibility index (Phi) is 5.80. The lowest BCUT2D eigenvalue weighted by Gasteiger charge is -2.22. The summed E-state index contributed by atoms with van der Waals surface area (Å²) in [7, 11) is -3.62. The highest BCUT2D eigenvalue weighted by molar-refractivity contribution is 7.90. The van der Waals surface area contributed by atoms with E-state index in [0.717, 1.165) is 11.3 Å². The first kappa shape index (κ1) is 17.9. The third kappa shape index (κ3) is 5.04. The molecular formula is C15H24N2O5S. The van der Waals surface area contributed by atoms with Crippen molar-refractivity contribution >= 4 is 15.9 Å². The average molecular weight is 344 g/mol. The minimum atomic E-state index is -3.62. The Morgan fingerprint density at radius 3 is 2.57 bits per heavy atom. The number of ether oxygens (including phenoxy) is 1. The lowest BCUT2D eigenvalue weighted by Crippen LogP contribution is -2.39. The van der Waals surface area contributed by atoms with Crippen molar-refractivity contribution in [2.45, 2.75) is 40.0 Å². The van der Waals surface area contributed by atoms with E-state index >= 15 is 0 Å². The SMILES string of the molecule is Cc1noc(C)c1CC(C)C(=O)NS(=O)(=O)CC1CCOCC1. The molecule has 1 unspecified atom stereocenters. The van der Waals surface area contributed by atoms with E-state index in [1.807, 2.05) is 0 Å². The summed E-state index contributed by atoms with van der Waals surface area (Å²) >= 11 is 0. The fourth-order valence-electron chi connectivity index (χ4n) is 2.71. The molecule has 1 aromatic rings. The molecule has 2 heterocycles. The number of carbonyl (C=O) groups is 1. The van der Waals surface area contributed by atoms with Gasteiger partial charge in [-0.25, -0.2) is 8.42 Å². The zero-order chi connectivity index (χ0) is 17.0. The molecule has 7 nitrogen and oxygen atoms in total. The number of sulfonamides is 1. The van der Waals surface area contributed by atoms with Crippen molar-refractivity contribution in [2.24, 2.45) is 11.8 Å². The first-order chi connectivity index (χ1) is 10.8. The Morgan fingerprint density at radius 2 is 2.00 bits per heavy atom. The van der Waals surface area contributed by atoms with Crippen molar-refractivity contribution in [1.29, 1.82) is 0 Å². The number of rotatable bonds is 6. The van der Waals surface area contributed by atoms with Crippen LogP contribution in [0.5, 0.6) is 0 Å². The van der Waals surface area contributed by atoms with E-state index in [-0.39, 0.29) is 11.7 Å². The molecule has 1 amide bonds. The lowest BCUT2D eigenvalue weighted by molar-refractivity contribution is -0.122. The molecule has 1 aliphatic rings. The first-order valence-corrected chi connectivity index (χ1v) is 9.47. The first-order valence-electron chi connectivity index (χ1n) is 7.82. The van der Waals surface area contributed by atoms with Gasteiger partial charge in [-0.05, 0) is 39.0 Å². The highest BCUT2D eigenvalue weighted by Gasteiger charge is 2.26. The van der Waals surface area contributed by atoms with E-state index in [4.69, 9.17) is 9.26 Å². The van der Waals surface area contributed by atoms with Gasteiger partial charge in [0.15, 0.2) is 0 Å². The number of carbonyl (C=O) groups excluding carboxylic acids is 1. The summed E-state index contributed by atoms with van der Waals surface area (Å²) in [5.74, 6) is -0.285. The summed E-state index contributed by atoms with van der Waals surface area (Å²) in [5.41, 5.74) is 1.58. The molecule has 0 spiro atoms. The molecule has 0 saturated carbocycles. The second-order valence-electron chi connectivity index (χ2n) is 6.21. The van der Waals surface area contributed by atoms with Crippen LogP contribution >= 0.6 is 0 Å². The van der Waals surface area contributed by atoms with E-state index in [0.29, 0.717) is 38.2 Å². The molecule has 0 radical (unpaired) electrons. The standard InChI is InChI=1S/C15H24N2O5S/c1-10(8-14-11(2)16-22-12(14)3)15(18)17-23(19,20)9-13-4-6-21-7-5-13/h10,13H,4-9H2,1-3H3,(H,17,18). The third-order valence-corrected chi connectivity index (χ3v) is 5.61. The average Bonchev–Trinajstić information content (AvgIpc) is 2.79. The largest absolute Gasteiger partial charge is 0.381 e. The zero-order valence-corrected chi connectivity index (χ0v) is 14.6. The number of aromatic nitrogens is 1. The van der Waals surface area contributed by atoms with Gasteiger partial charge in [0.05, 0.1) is 11.4 Å². The molecule has 1 aliphatic heterocycles. The lowest BCUT2D eigenvalue weighted by atomic mass is 9.99.